The van der Waals surface area contributed by atoms with Crippen LogP contribution in [0.5, 0.6) is 17.2 Å². The molecule has 6 rings (SSSR count). The van der Waals surface area contributed by atoms with Gasteiger partial charge in [-0.25, -0.2) is 0 Å². The number of rotatable bonds is 4. The van der Waals surface area contributed by atoms with Gasteiger partial charge in [-0.15, -0.1) is 0 Å². The summed E-state index contributed by atoms with van der Waals surface area (Å²) >= 11 is 5.92. The zero-order chi connectivity index (χ0) is 22.6. The number of amides is 2. The predicted molar refractivity (Wildman–Crippen MR) is 121 cm³/mol. The fourth-order valence-electron chi connectivity index (χ4n) is 4.72. The van der Waals surface area contributed by atoms with Crippen LogP contribution in [-0.4, -0.2) is 31.8 Å². The molecule has 33 heavy (non-hydrogen) atoms. The predicted octanol–water partition coefficient (Wildman–Crippen LogP) is 3.41. The zero-order valence-electron chi connectivity index (χ0n) is 17.5. The van der Waals surface area contributed by atoms with Crippen molar-refractivity contribution < 1.29 is 23.8 Å². The minimum Gasteiger partial charge on any atom is -0.491 e. The SMILES string of the molecule is O=C(CN1C(=O)C2(COc3cc4c(cc32)OCO4)c2ccccc21)NCc1ccc(Cl)cc1. The van der Waals surface area contributed by atoms with Gasteiger partial charge in [-0.1, -0.05) is 41.9 Å². The van der Waals surface area contributed by atoms with Crippen LogP contribution in [0.3, 0.4) is 0 Å². The molecule has 1 N–H and O–H groups in total. The first kappa shape index (κ1) is 19.9. The van der Waals surface area contributed by atoms with Crippen molar-refractivity contribution in [2.45, 2.75) is 12.0 Å². The van der Waals surface area contributed by atoms with Gasteiger partial charge in [0.1, 0.15) is 24.3 Å². The molecule has 1 atom stereocenters. The summed E-state index contributed by atoms with van der Waals surface area (Å²) in [4.78, 5) is 28.2. The maximum atomic E-state index is 13.9. The lowest BCUT2D eigenvalue weighted by molar-refractivity contribution is -0.125. The molecule has 0 radical (unpaired) electrons. The van der Waals surface area contributed by atoms with Crippen LogP contribution < -0.4 is 24.4 Å². The van der Waals surface area contributed by atoms with E-state index < -0.39 is 5.41 Å². The van der Waals surface area contributed by atoms with Crippen molar-refractivity contribution in [2.75, 3.05) is 24.8 Å². The normalized spacial score (nSPS) is 19.4. The molecule has 0 aliphatic carbocycles. The number of anilines is 1. The van der Waals surface area contributed by atoms with E-state index in [1.165, 1.54) is 4.90 Å². The lowest BCUT2D eigenvalue weighted by Gasteiger charge is -2.23. The van der Waals surface area contributed by atoms with Gasteiger partial charge in [-0.3, -0.25) is 9.59 Å². The first-order valence-electron chi connectivity index (χ1n) is 10.6. The fraction of sp³-hybridized carbons (Fsp3) is 0.200. The van der Waals surface area contributed by atoms with Crippen LogP contribution in [0.2, 0.25) is 5.02 Å². The van der Waals surface area contributed by atoms with E-state index in [0.29, 0.717) is 34.5 Å². The molecule has 3 heterocycles. The van der Waals surface area contributed by atoms with E-state index in [1.54, 1.807) is 18.2 Å². The molecule has 0 saturated heterocycles. The molecule has 1 spiro atoms. The Morgan fingerprint density at radius 2 is 1.73 bits per heavy atom. The number of fused-ring (bicyclic) bond motifs is 5. The number of carbonyl (C=O) groups is 2. The second-order valence-electron chi connectivity index (χ2n) is 8.21. The molecule has 0 saturated carbocycles. The fourth-order valence-corrected chi connectivity index (χ4v) is 4.85. The highest BCUT2D eigenvalue weighted by molar-refractivity contribution is 6.30. The van der Waals surface area contributed by atoms with Gasteiger partial charge in [0.05, 0.1) is 0 Å². The number of hydrogen-bond acceptors (Lipinski definition) is 5. The second-order valence-corrected chi connectivity index (χ2v) is 8.64. The van der Waals surface area contributed by atoms with Crippen LogP contribution in [0.15, 0.2) is 60.7 Å². The van der Waals surface area contributed by atoms with Gasteiger partial charge >= 0.3 is 0 Å². The van der Waals surface area contributed by atoms with Gasteiger partial charge in [0.25, 0.3) is 0 Å². The molecule has 3 aromatic rings. The van der Waals surface area contributed by atoms with Crippen molar-refractivity contribution in [2.24, 2.45) is 0 Å². The number of halogens is 1. The summed E-state index contributed by atoms with van der Waals surface area (Å²) in [5.74, 6) is 1.33. The molecule has 3 aromatic carbocycles. The van der Waals surface area contributed by atoms with Gasteiger partial charge in [0, 0.05) is 28.9 Å². The van der Waals surface area contributed by atoms with Crippen LogP contribution in [0.25, 0.3) is 0 Å². The first-order valence-corrected chi connectivity index (χ1v) is 10.9. The molecule has 2 amide bonds. The lowest BCUT2D eigenvalue weighted by Crippen LogP contribution is -2.46. The first-order chi connectivity index (χ1) is 16.1. The summed E-state index contributed by atoms with van der Waals surface area (Å²) < 4.78 is 17.0. The Labute approximate surface area is 194 Å². The van der Waals surface area contributed by atoms with Crippen molar-refractivity contribution >= 4 is 29.1 Å². The Hall–Kier alpha value is -3.71. The van der Waals surface area contributed by atoms with E-state index in [0.717, 1.165) is 16.7 Å². The van der Waals surface area contributed by atoms with E-state index in [-0.39, 0.29) is 31.8 Å². The molecule has 0 bridgehead atoms. The average molecular weight is 463 g/mol. The summed E-state index contributed by atoms with van der Waals surface area (Å²) in [5, 5.41) is 3.52. The van der Waals surface area contributed by atoms with Crippen molar-refractivity contribution in [3.63, 3.8) is 0 Å². The molecule has 8 heteroatoms. The summed E-state index contributed by atoms with van der Waals surface area (Å²) in [6.07, 6.45) is 0. The monoisotopic (exact) mass is 462 g/mol. The molecular weight excluding hydrogens is 444 g/mol. The number of para-hydroxylation sites is 1. The molecule has 0 aromatic heterocycles. The zero-order valence-corrected chi connectivity index (χ0v) is 18.2. The molecular formula is C25H19ClN2O5. The Morgan fingerprint density at radius 3 is 2.55 bits per heavy atom. The lowest BCUT2D eigenvalue weighted by atomic mass is 9.77. The van der Waals surface area contributed by atoms with Gasteiger partial charge < -0.3 is 24.4 Å². The topological polar surface area (TPSA) is 77.1 Å². The van der Waals surface area contributed by atoms with Crippen LogP contribution >= 0.6 is 11.6 Å². The summed E-state index contributed by atoms with van der Waals surface area (Å²) in [6, 6.07) is 18.4. The van der Waals surface area contributed by atoms with E-state index >= 15 is 0 Å². The Kier molecular flexibility index (Phi) is 4.48. The largest absolute Gasteiger partial charge is 0.491 e. The second kappa shape index (κ2) is 7.42. The summed E-state index contributed by atoms with van der Waals surface area (Å²) in [5.41, 5.74) is 2.15. The Bertz CT molecular complexity index is 1290. The third kappa shape index (κ3) is 3.03. The molecule has 166 valence electrons. The summed E-state index contributed by atoms with van der Waals surface area (Å²) in [7, 11) is 0. The molecule has 0 fully saturated rings. The molecule has 3 aliphatic heterocycles. The number of carbonyl (C=O) groups excluding carboxylic acids is 2. The summed E-state index contributed by atoms with van der Waals surface area (Å²) in [6.45, 7) is 0.547. The van der Waals surface area contributed by atoms with E-state index in [4.69, 9.17) is 25.8 Å². The highest BCUT2D eigenvalue weighted by Crippen LogP contribution is 2.54. The maximum Gasteiger partial charge on any atom is 0.246 e. The minimum absolute atomic E-state index is 0.0922. The molecule has 7 nitrogen and oxygen atoms in total. The number of hydrogen-bond donors (Lipinski definition) is 1. The minimum atomic E-state index is -1.02. The average Bonchev–Trinajstić information content (AvgIpc) is 3.50. The third-order valence-electron chi connectivity index (χ3n) is 6.35. The van der Waals surface area contributed by atoms with Crippen LogP contribution in [-0.2, 0) is 21.5 Å². The highest BCUT2D eigenvalue weighted by Gasteiger charge is 2.57. The van der Waals surface area contributed by atoms with E-state index in [2.05, 4.69) is 5.32 Å². The van der Waals surface area contributed by atoms with Gasteiger partial charge in [-0.05, 0) is 35.4 Å². The highest BCUT2D eigenvalue weighted by atomic mass is 35.5. The van der Waals surface area contributed by atoms with Crippen LogP contribution in [0, 0.1) is 0 Å². The van der Waals surface area contributed by atoms with Gasteiger partial charge in [0.15, 0.2) is 11.5 Å². The Balaban J connectivity index is 1.30. The van der Waals surface area contributed by atoms with Crippen LogP contribution in [0.4, 0.5) is 5.69 Å². The molecule has 3 aliphatic rings. The molecule has 1 unspecified atom stereocenters. The standard InChI is InChI=1S/C25H19ClN2O5/c26-16-7-5-15(6-8-16)11-27-23(29)12-28-19-4-2-1-3-17(19)25(24(28)30)13-31-20-10-22-21(9-18(20)25)32-14-33-22/h1-10H,11-14H2,(H,27,29). The van der Waals surface area contributed by atoms with Crippen molar-refractivity contribution in [3.8, 4) is 17.2 Å². The number of benzene rings is 3. The van der Waals surface area contributed by atoms with Crippen molar-refractivity contribution in [3.05, 3.63) is 82.4 Å². The number of nitrogens with one attached hydrogen (secondary N) is 1. The van der Waals surface area contributed by atoms with E-state index in [1.807, 2.05) is 42.5 Å². The van der Waals surface area contributed by atoms with Crippen molar-refractivity contribution in [1.82, 2.24) is 5.32 Å². The van der Waals surface area contributed by atoms with E-state index in [9.17, 15) is 9.59 Å². The maximum absolute atomic E-state index is 13.9. The number of ether oxygens (including phenoxy) is 3. The third-order valence-corrected chi connectivity index (χ3v) is 6.60. The van der Waals surface area contributed by atoms with Crippen molar-refractivity contribution in [1.29, 1.82) is 0 Å². The van der Waals surface area contributed by atoms with Gasteiger partial charge in [-0.2, -0.15) is 0 Å². The quantitative estimate of drug-likeness (QED) is 0.643. The number of nitrogens with zero attached hydrogens (tertiary/aromatic N) is 1. The van der Waals surface area contributed by atoms with Gasteiger partial charge in [0.2, 0.25) is 18.6 Å². The van der Waals surface area contributed by atoms with Crippen LogP contribution in [0.1, 0.15) is 16.7 Å². The smallest absolute Gasteiger partial charge is 0.246 e. The Morgan fingerprint density at radius 1 is 0.970 bits per heavy atom.